The minimum Gasteiger partial charge on any atom is -0.496 e. The molecule has 1 aromatic heterocycles. The molecule has 8 heteroatoms. The van der Waals surface area contributed by atoms with Crippen molar-refractivity contribution in [1.82, 2.24) is 4.90 Å². The molecule has 2 aromatic rings. The topological polar surface area (TPSA) is 89.7 Å². The van der Waals surface area contributed by atoms with Crippen LogP contribution in [0.2, 0.25) is 0 Å². The Kier molecular flexibility index (Phi) is 5.40. The van der Waals surface area contributed by atoms with Crippen molar-refractivity contribution < 1.29 is 17.9 Å². The van der Waals surface area contributed by atoms with Gasteiger partial charge >= 0.3 is 0 Å². The number of amides is 1. The van der Waals surface area contributed by atoms with E-state index in [2.05, 4.69) is 0 Å². The number of nitrogens with two attached hydrogens (primary N) is 1. The van der Waals surface area contributed by atoms with Crippen molar-refractivity contribution in [3.63, 3.8) is 0 Å². The summed E-state index contributed by atoms with van der Waals surface area (Å²) >= 11 is 1.56. The molecule has 0 aliphatic rings. The van der Waals surface area contributed by atoms with Gasteiger partial charge in [-0.25, -0.2) is 13.6 Å². The molecule has 0 radical (unpaired) electrons. The molecule has 6 nitrogen and oxygen atoms in total. The molecule has 0 atom stereocenters. The van der Waals surface area contributed by atoms with Crippen molar-refractivity contribution >= 4 is 27.3 Å². The highest BCUT2D eigenvalue weighted by atomic mass is 32.2. The number of rotatable bonds is 6. The van der Waals surface area contributed by atoms with Gasteiger partial charge in [-0.15, -0.1) is 11.3 Å². The van der Waals surface area contributed by atoms with Crippen LogP contribution in [-0.2, 0) is 16.6 Å². The van der Waals surface area contributed by atoms with E-state index in [0.717, 1.165) is 4.88 Å². The van der Waals surface area contributed by atoms with E-state index in [4.69, 9.17) is 9.88 Å². The molecule has 0 fully saturated rings. The number of carbonyl (C=O) groups excluding carboxylic acids is 1. The van der Waals surface area contributed by atoms with E-state index in [1.807, 2.05) is 24.4 Å². The number of methoxy groups -OCH3 is 1. The molecular formula is C15H18N2O4S2. The summed E-state index contributed by atoms with van der Waals surface area (Å²) in [5, 5.41) is 7.08. The molecule has 0 unspecified atom stereocenters. The Morgan fingerprint density at radius 1 is 1.35 bits per heavy atom. The Bertz CT molecular complexity index is 786. The molecule has 2 rings (SSSR count). The van der Waals surface area contributed by atoms with Crippen LogP contribution in [0.1, 0.15) is 22.2 Å². The third-order valence-electron chi connectivity index (χ3n) is 3.33. The van der Waals surface area contributed by atoms with Crippen molar-refractivity contribution in [3.05, 3.63) is 46.2 Å². The van der Waals surface area contributed by atoms with E-state index < -0.39 is 10.0 Å². The highest BCUT2D eigenvalue weighted by molar-refractivity contribution is 7.89. The van der Waals surface area contributed by atoms with Gasteiger partial charge in [-0.1, -0.05) is 6.07 Å². The molecular weight excluding hydrogens is 336 g/mol. The summed E-state index contributed by atoms with van der Waals surface area (Å²) < 4.78 is 28.2. The zero-order chi connectivity index (χ0) is 17.0. The van der Waals surface area contributed by atoms with Crippen molar-refractivity contribution in [3.8, 4) is 5.75 Å². The Morgan fingerprint density at radius 2 is 2.09 bits per heavy atom. The number of hydrogen-bond acceptors (Lipinski definition) is 5. The maximum absolute atomic E-state index is 12.8. The first-order chi connectivity index (χ1) is 10.9. The van der Waals surface area contributed by atoms with Crippen LogP contribution in [0.5, 0.6) is 5.75 Å². The SMILES string of the molecule is CCN(Cc1cccs1)C(=O)c1cc(S(N)(=O)=O)ccc1OC. The highest BCUT2D eigenvalue weighted by Crippen LogP contribution is 2.24. The smallest absolute Gasteiger partial charge is 0.257 e. The van der Waals surface area contributed by atoms with Crippen molar-refractivity contribution in [2.45, 2.75) is 18.4 Å². The fourth-order valence-corrected chi connectivity index (χ4v) is 3.38. The lowest BCUT2D eigenvalue weighted by Crippen LogP contribution is -2.30. The Hall–Kier alpha value is -1.90. The molecule has 1 aromatic carbocycles. The van der Waals surface area contributed by atoms with Crippen LogP contribution in [0.3, 0.4) is 0 Å². The summed E-state index contributed by atoms with van der Waals surface area (Å²) in [5.41, 5.74) is 0.178. The highest BCUT2D eigenvalue weighted by Gasteiger charge is 2.21. The van der Waals surface area contributed by atoms with Gasteiger partial charge in [-0.05, 0) is 36.6 Å². The fourth-order valence-electron chi connectivity index (χ4n) is 2.12. The molecule has 0 saturated carbocycles. The Labute approximate surface area is 139 Å². The maximum Gasteiger partial charge on any atom is 0.257 e. The number of hydrogen-bond donors (Lipinski definition) is 1. The van der Waals surface area contributed by atoms with Gasteiger partial charge < -0.3 is 9.64 Å². The van der Waals surface area contributed by atoms with E-state index in [9.17, 15) is 13.2 Å². The minimum absolute atomic E-state index is 0.117. The summed E-state index contributed by atoms with van der Waals surface area (Å²) in [7, 11) is -2.46. The van der Waals surface area contributed by atoms with Gasteiger partial charge in [-0.3, -0.25) is 4.79 Å². The summed E-state index contributed by atoms with van der Waals surface area (Å²) in [6.07, 6.45) is 0. The van der Waals surface area contributed by atoms with E-state index in [1.54, 1.807) is 16.2 Å². The molecule has 0 aliphatic carbocycles. The molecule has 23 heavy (non-hydrogen) atoms. The number of nitrogens with zero attached hydrogens (tertiary/aromatic N) is 1. The number of ether oxygens (including phenoxy) is 1. The van der Waals surface area contributed by atoms with Gasteiger partial charge in [0, 0.05) is 11.4 Å². The average Bonchev–Trinajstić information content (AvgIpc) is 3.03. The monoisotopic (exact) mass is 354 g/mol. The zero-order valence-corrected chi connectivity index (χ0v) is 14.5. The van der Waals surface area contributed by atoms with Crippen molar-refractivity contribution in [1.29, 1.82) is 0 Å². The minimum atomic E-state index is -3.89. The predicted octanol–water partition coefficient (Wildman–Crippen LogP) is 2.07. The molecule has 0 spiro atoms. The molecule has 0 bridgehead atoms. The normalized spacial score (nSPS) is 11.3. The van der Waals surface area contributed by atoms with Crippen LogP contribution < -0.4 is 9.88 Å². The largest absolute Gasteiger partial charge is 0.496 e. The second-order valence-corrected chi connectivity index (χ2v) is 7.40. The number of sulfonamides is 1. The molecule has 0 aliphatic heterocycles. The summed E-state index contributed by atoms with van der Waals surface area (Å²) in [5.74, 6) is 0.00952. The van der Waals surface area contributed by atoms with E-state index in [-0.39, 0.29) is 16.4 Å². The molecule has 0 saturated heterocycles. The summed E-state index contributed by atoms with van der Waals surface area (Å²) in [6, 6.07) is 7.87. The summed E-state index contributed by atoms with van der Waals surface area (Å²) in [6.45, 7) is 2.80. The zero-order valence-electron chi connectivity index (χ0n) is 12.9. The first kappa shape index (κ1) is 17.5. The van der Waals surface area contributed by atoms with E-state index in [1.165, 1.54) is 25.3 Å². The lowest BCUT2D eigenvalue weighted by atomic mass is 10.1. The van der Waals surface area contributed by atoms with Crippen LogP contribution in [0.4, 0.5) is 0 Å². The summed E-state index contributed by atoms with van der Waals surface area (Å²) in [4.78, 5) is 15.3. The predicted molar refractivity (Wildman–Crippen MR) is 89.1 cm³/mol. The van der Waals surface area contributed by atoms with Crippen LogP contribution in [0, 0.1) is 0 Å². The molecule has 1 amide bonds. The van der Waals surface area contributed by atoms with Crippen LogP contribution in [0.25, 0.3) is 0 Å². The van der Waals surface area contributed by atoms with Gasteiger partial charge in [0.1, 0.15) is 5.75 Å². The Balaban J connectivity index is 2.39. The van der Waals surface area contributed by atoms with Crippen molar-refractivity contribution in [2.24, 2.45) is 5.14 Å². The van der Waals surface area contributed by atoms with Gasteiger partial charge in [0.05, 0.1) is 24.1 Å². The number of carbonyl (C=O) groups is 1. The Morgan fingerprint density at radius 3 is 2.61 bits per heavy atom. The van der Waals surface area contributed by atoms with Crippen LogP contribution in [-0.4, -0.2) is 32.9 Å². The van der Waals surface area contributed by atoms with Gasteiger partial charge in [0.2, 0.25) is 10.0 Å². The molecule has 1 heterocycles. The lowest BCUT2D eigenvalue weighted by Gasteiger charge is -2.21. The number of benzene rings is 1. The number of thiophene rings is 1. The second kappa shape index (κ2) is 7.12. The first-order valence-electron chi connectivity index (χ1n) is 6.89. The average molecular weight is 354 g/mol. The number of primary sulfonamides is 1. The van der Waals surface area contributed by atoms with Crippen molar-refractivity contribution in [2.75, 3.05) is 13.7 Å². The second-order valence-electron chi connectivity index (χ2n) is 4.81. The maximum atomic E-state index is 12.8. The van der Waals surface area contributed by atoms with Gasteiger partial charge in [0.15, 0.2) is 0 Å². The lowest BCUT2D eigenvalue weighted by molar-refractivity contribution is 0.0750. The molecule has 124 valence electrons. The van der Waals surface area contributed by atoms with Gasteiger partial charge in [-0.2, -0.15) is 0 Å². The fraction of sp³-hybridized carbons (Fsp3) is 0.267. The third kappa shape index (κ3) is 4.10. The van der Waals surface area contributed by atoms with E-state index in [0.29, 0.717) is 18.8 Å². The third-order valence-corrected chi connectivity index (χ3v) is 5.10. The quantitative estimate of drug-likeness (QED) is 0.860. The first-order valence-corrected chi connectivity index (χ1v) is 9.32. The van der Waals surface area contributed by atoms with Crippen LogP contribution in [0.15, 0.2) is 40.6 Å². The molecule has 2 N–H and O–H groups in total. The standard InChI is InChI=1S/C15H18N2O4S2/c1-3-17(10-11-5-4-8-22-11)15(18)13-9-12(23(16,19)20)6-7-14(13)21-2/h4-9H,3,10H2,1-2H3,(H2,16,19,20). The van der Waals surface area contributed by atoms with Crippen LogP contribution >= 0.6 is 11.3 Å². The van der Waals surface area contributed by atoms with Gasteiger partial charge in [0.25, 0.3) is 5.91 Å². The van der Waals surface area contributed by atoms with E-state index >= 15 is 0 Å².